The molecule has 1 rings (SSSR count). The Morgan fingerprint density at radius 1 is 1.47 bits per heavy atom. The van der Waals surface area contributed by atoms with Crippen LogP contribution in [0.5, 0.6) is 0 Å². The minimum absolute atomic E-state index is 0.00514. The Morgan fingerprint density at radius 2 is 2.18 bits per heavy atom. The van der Waals surface area contributed by atoms with Crippen LogP contribution in [0, 0.1) is 0 Å². The molecule has 17 heavy (non-hydrogen) atoms. The summed E-state index contributed by atoms with van der Waals surface area (Å²) in [7, 11) is 0. The van der Waals surface area contributed by atoms with Gasteiger partial charge in [0.2, 0.25) is 5.91 Å². The number of rotatable bonds is 5. The quantitative estimate of drug-likeness (QED) is 0.715. The highest BCUT2D eigenvalue weighted by atomic mass is 16.5. The van der Waals surface area contributed by atoms with Crippen LogP contribution in [0.3, 0.4) is 0 Å². The van der Waals surface area contributed by atoms with Crippen LogP contribution >= 0.6 is 0 Å². The summed E-state index contributed by atoms with van der Waals surface area (Å²) >= 11 is 0. The van der Waals surface area contributed by atoms with Crippen LogP contribution in [0.15, 0.2) is 0 Å². The highest BCUT2D eigenvalue weighted by Gasteiger charge is 2.29. The third-order valence-electron chi connectivity index (χ3n) is 2.87. The Bertz CT molecular complexity index is 273. The summed E-state index contributed by atoms with van der Waals surface area (Å²) < 4.78 is 4.88. The van der Waals surface area contributed by atoms with Gasteiger partial charge in [-0.1, -0.05) is 0 Å². The van der Waals surface area contributed by atoms with Gasteiger partial charge in [0.1, 0.15) is 6.54 Å². The van der Waals surface area contributed by atoms with Gasteiger partial charge in [-0.2, -0.15) is 0 Å². The van der Waals surface area contributed by atoms with Crippen molar-refractivity contribution in [3.63, 3.8) is 0 Å². The maximum Gasteiger partial charge on any atom is 0.325 e. The predicted octanol–water partition coefficient (Wildman–Crippen LogP) is 0.539. The maximum absolute atomic E-state index is 12.2. The molecule has 1 heterocycles. The van der Waals surface area contributed by atoms with Gasteiger partial charge >= 0.3 is 5.97 Å². The van der Waals surface area contributed by atoms with Crippen molar-refractivity contribution >= 4 is 11.9 Å². The molecular weight excluding hydrogens is 220 g/mol. The van der Waals surface area contributed by atoms with Crippen molar-refractivity contribution in [1.82, 2.24) is 10.2 Å². The van der Waals surface area contributed by atoms with Gasteiger partial charge in [0.25, 0.3) is 0 Å². The van der Waals surface area contributed by atoms with E-state index in [1.54, 1.807) is 11.8 Å². The molecule has 0 aromatic rings. The van der Waals surface area contributed by atoms with Crippen molar-refractivity contribution in [2.75, 3.05) is 19.7 Å². The second-order valence-electron chi connectivity index (χ2n) is 4.51. The third-order valence-corrected chi connectivity index (χ3v) is 2.87. The zero-order chi connectivity index (χ0) is 12.8. The average Bonchev–Trinajstić information content (AvgIpc) is 2.78. The van der Waals surface area contributed by atoms with E-state index in [0.717, 1.165) is 19.4 Å². The fourth-order valence-corrected chi connectivity index (χ4v) is 1.96. The largest absolute Gasteiger partial charge is 0.465 e. The Morgan fingerprint density at radius 3 is 2.65 bits per heavy atom. The van der Waals surface area contributed by atoms with E-state index in [0.29, 0.717) is 6.61 Å². The van der Waals surface area contributed by atoms with E-state index in [1.165, 1.54) is 0 Å². The van der Waals surface area contributed by atoms with Crippen LogP contribution in [0.1, 0.15) is 33.6 Å². The van der Waals surface area contributed by atoms with Crippen LogP contribution in [0.25, 0.3) is 0 Å². The minimum Gasteiger partial charge on any atom is -0.465 e. The first-order valence-corrected chi connectivity index (χ1v) is 6.25. The summed E-state index contributed by atoms with van der Waals surface area (Å²) in [4.78, 5) is 25.2. The molecule has 1 amide bonds. The number of hydrogen-bond donors (Lipinski definition) is 1. The van der Waals surface area contributed by atoms with Gasteiger partial charge in [-0.25, -0.2) is 0 Å². The second kappa shape index (κ2) is 6.59. The van der Waals surface area contributed by atoms with Crippen LogP contribution in [0.2, 0.25) is 0 Å². The fourth-order valence-electron chi connectivity index (χ4n) is 1.96. The van der Waals surface area contributed by atoms with Crippen molar-refractivity contribution in [1.29, 1.82) is 0 Å². The molecule has 0 aromatic carbocycles. The molecule has 5 heteroatoms. The van der Waals surface area contributed by atoms with E-state index in [1.807, 2.05) is 13.8 Å². The van der Waals surface area contributed by atoms with Crippen LogP contribution in [-0.4, -0.2) is 48.6 Å². The summed E-state index contributed by atoms with van der Waals surface area (Å²) in [6.45, 7) is 6.85. The van der Waals surface area contributed by atoms with Crippen LogP contribution in [-0.2, 0) is 14.3 Å². The van der Waals surface area contributed by atoms with Crippen molar-refractivity contribution < 1.29 is 14.3 Å². The Labute approximate surface area is 102 Å². The van der Waals surface area contributed by atoms with Crippen LogP contribution in [0.4, 0.5) is 0 Å². The smallest absolute Gasteiger partial charge is 0.325 e. The lowest BCUT2D eigenvalue weighted by molar-refractivity contribution is -0.150. The number of esters is 1. The van der Waals surface area contributed by atoms with E-state index in [4.69, 9.17) is 4.74 Å². The SMILES string of the molecule is CCOC(=O)CN(C(=O)[C@@H]1CCCN1)C(C)C. The van der Waals surface area contributed by atoms with E-state index >= 15 is 0 Å². The molecule has 5 nitrogen and oxygen atoms in total. The summed E-state index contributed by atoms with van der Waals surface area (Å²) in [6.07, 6.45) is 1.87. The lowest BCUT2D eigenvalue weighted by Crippen LogP contribution is -2.49. The molecule has 1 aliphatic rings. The topological polar surface area (TPSA) is 58.6 Å². The first kappa shape index (κ1) is 14.0. The highest BCUT2D eigenvalue weighted by molar-refractivity contribution is 5.86. The molecule has 0 spiro atoms. The normalized spacial score (nSPS) is 19.4. The predicted molar refractivity (Wildman–Crippen MR) is 64.5 cm³/mol. The van der Waals surface area contributed by atoms with E-state index < -0.39 is 0 Å². The molecule has 0 aromatic heterocycles. The van der Waals surface area contributed by atoms with Crippen molar-refractivity contribution in [2.24, 2.45) is 0 Å². The lowest BCUT2D eigenvalue weighted by atomic mass is 10.1. The Kier molecular flexibility index (Phi) is 5.41. The number of nitrogens with zero attached hydrogens (tertiary/aromatic N) is 1. The second-order valence-corrected chi connectivity index (χ2v) is 4.51. The van der Waals surface area contributed by atoms with Gasteiger partial charge in [0.05, 0.1) is 12.6 Å². The lowest BCUT2D eigenvalue weighted by Gasteiger charge is -2.28. The number of nitrogens with one attached hydrogen (secondary N) is 1. The van der Waals surface area contributed by atoms with Gasteiger partial charge in [-0.05, 0) is 40.2 Å². The maximum atomic E-state index is 12.2. The first-order valence-electron chi connectivity index (χ1n) is 6.25. The monoisotopic (exact) mass is 242 g/mol. The third kappa shape index (κ3) is 4.00. The Balaban J connectivity index is 2.58. The summed E-state index contributed by atoms with van der Waals surface area (Å²) in [5.74, 6) is -0.335. The molecule has 1 N–H and O–H groups in total. The molecule has 98 valence electrons. The van der Waals surface area contributed by atoms with Gasteiger partial charge in [0.15, 0.2) is 0 Å². The van der Waals surface area contributed by atoms with Crippen LogP contribution < -0.4 is 5.32 Å². The summed E-state index contributed by atoms with van der Waals surface area (Å²) in [6, 6.07) is -0.124. The van der Waals surface area contributed by atoms with Crippen molar-refractivity contribution in [3.05, 3.63) is 0 Å². The number of ether oxygens (including phenoxy) is 1. The molecule has 0 bridgehead atoms. The molecule has 0 aliphatic carbocycles. The van der Waals surface area contributed by atoms with E-state index in [-0.39, 0.29) is 30.5 Å². The number of hydrogen-bond acceptors (Lipinski definition) is 4. The van der Waals surface area contributed by atoms with Gasteiger partial charge < -0.3 is 15.0 Å². The molecule has 1 fully saturated rings. The van der Waals surface area contributed by atoms with Crippen molar-refractivity contribution in [2.45, 2.75) is 45.7 Å². The van der Waals surface area contributed by atoms with E-state index in [9.17, 15) is 9.59 Å². The molecule has 1 aliphatic heterocycles. The van der Waals surface area contributed by atoms with Gasteiger partial charge in [-0.15, -0.1) is 0 Å². The Hall–Kier alpha value is -1.10. The molecular formula is C12H22N2O3. The highest BCUT2D eigenvalue weighted by Crippen LogP contribution is 2.11. The fraction of sp³-hybridized carbons (Fsp3) is 0.833. The zero-order valence-corrected chi connectivity index (χ0v) is 10.9. The number of amides is 1. The number of carbonyl (C=O) groups is 2. The minimum atomic E-state index is -0.340. The van der Waals surface area contributed by atoms with Crippen molar-refractivity contribution in [3.8, 4) is 0 Å². The van der Waals surface area contributed by atoms with Gasteiger partial charge in [0, 0.05) is 6.04 Å². The molecule has 0 radical (unpaired) electrons. The summed E-state index contributed by atoms with van der Waals surface area (Å²) in [5.41, 5.74) is 0. The standard InChI is InChI=1S/C12H22N2O3/c1-4-17-11(15)8-14(9(2)3)12(16)10-6-5-7-13-10/h9-10,13H,4-8H2,1-3H3/t10-/m0/s1. The van der Waals surface area contributed by atoms with Gasteiger partial charge in [-0.3, -0.25) is 9.59 Å². The molecule has 0 unspecified atom stereocenters. The molecule has 1 atom stereocenters. The average molecular weight is 242 g/mol. The molecule has 0 saturated carbocycles. The number of carbonyl (C=O) groups excluding carboxylic acids is 2. The van der Waals surface area contributed by atoms with E-state index in [2.05, 4.69) is 5.32 Å². The zero-order valence-electron chi connectivity index (χ0n) is 10.9. The molecule has 1 saturated heterocycles. The summed E-state index contributed by atoms with van der Waals surface area (Å²) in [5, 5.41) is 3.15. The first-order chi connectivity index (χ1) is 8.06.